The summed E-state index contributed by atoms with van der Waals surface area (Å²) >= 11 is 0. The molecule has 2 atom stereocenters. The first kappa shape index (κ1) is 19.6. The molecule has 1 N–H and O–H groups in total. The molecule has 3 rings (SSSR count). The van der Waals surface area contributed by atoms with E-state index >= 15 is 0 Å². The Hall–Kier alpha value is -2.18. The van der Waals surface area contributed by atoms with Crippen LogP contribution >= 0.6 is 0 Å². The Morgan fingerprint density at radius 1 is 1.26 bits per heavy atom. The Morgan fingerprint density at radius 3 is 2.70 bits per heavy atom. The summed E-state index contributed by atoms with van der Waals surface area (Å²) in [6, 6.07) is 0. The van der Waals surface area contributed by atoms with Crippen molar-refractivity contribution in [3.05, 3.63) is 11.5 Å². The fourth-order valence-corrected chi connectivity index (χ4v) is 3.91. The highest BCUT2D eigenvalue weighted by molar-refractivity contribution is 5.88. The van der Waals surface area contributed by atoms with E-state index in [9.17, 15) is 4.79 Å². The minimum atomic E-state index is 0.0441. The van der Waals surface area contributed by atoms with Gasteiger partial charge in [-0.05, 0) is 31.6 Å². The maximum absolute atomic E-state index is 12.0. The minimum absolute atomic E-state index is 0.0441. The van der Waals surface area contributed by atoms with Crippen molar-refractivity contribution in [1.82, 2.24) is 20.4 Å². The Bertz CT molecular complexity index is 778. The minimum Gasteiger partial charge on any atom is -0.356 e. The quantitative estimate of drug-likeness (QED) is 0.750. The maximum atomic E-state index is 12.0. The zero-order chi connectivity index (χ0) is 19.4. The first-order valence-electron chi connectivity index (χ1n) is 10.1. The van der Waals surface area contributed by atoms with Crippen LogP contribution < -0.4 is 10.2 Å². The van der Waals surface area contributed by atoms with Gasteiger partial charge in [0.2, 0.25) is 5.91 Å². The van der Waals surface area contributed by atoms with E-state index in [1.807, 2.05) is 6.92 Å². The highest BCUT2D eigenvalue weighted by atomic mass is 16.5. The third kappa shape index (κ3) is 4.76. The van der Waals surface area contributed by atoms with Crippen LogP contribution in [0.1, 0.15) is 58.0 Å². The summed E-state index contributed by atoms with van der Waals surface area (Å²) in [5.74, 6) is 2.82. The van der Waals surface area contributed by atoms with Crippen molar-refractivity contribution in [3.8, 4) is 0 Å². The van der Waals surface area contributed by atoms with Gasteiger partial charge in [0.25, 0.3) is 5.71 Å². The van der Waals surface area contributed by atoms with Crippen LogP contribution in [0.5, 0.6) is 0 Å². The molecule has 0 aromatic carbocycles. The van der Waals surface area contributed by atoms with Gasteiger partial charge in [-0.15, -0.1) is 0 Å². The predicted molar refractivity (Wildman–Crippen MR) is 106 cm³/mol. The molecule has 1 amide bonds. The normalized spacial score (nSPS) is 20.2. The van der Waals surface area contributed by atoms with Crippen LogP contribution in [0.2, 0.25) is 0 Å². The zero-order valence-corrected chi connectivity index (χ0v) is 16.9. The van der Waals surface area contributed by atoms with Crippen LogP contribution in [-0.2, 0) is 11.2 Å². The summed E-state index contributed by atoms with van der Waals surface area (Å²) in [7, 11) is 0. The number of hydrogen-bond donors (Lipinski definition) is 1. The second-order valence-corrected chi connectivity index (χ2v) is 7.97. The molecule has 3 heterocycles. The summed E-state index contributed by atoms with van der Waals surface area (Å²) in [5.41, 5.74) is 1.33. The van der Waals surface area contributed by atoms with Crippen LogP contribution in [0, 0.1) is 18.8 Å². The number of aromatic nitrogens is 3. The van der Waals surface area contributed by atoms with Crippen LogP contribution in [0.15, 0.2) is 4.52 Å². The summed E-state index contributed by atoms with van der Waals surface area (Å²) < 4.78 is 5.43. The van der Waals surface area contributed by atoms with E-state index < -0.39 is 0 Å². The molecule has 0 radical (unpaired) electrons. The third-order valence-electron chi connectivity index (χ3n) is 5.13. The van der Waals surface area contributed by atoms with Crippen LogP contribution in [0.25, 0.3) is 11.1 Å². The number of aryl methyl sites for hydroxylation is 2. The molecule has 0 spiro atoms. The standard InChI is InChI=1S/C20H31N5O2/c1-5-6-9-21-17(26)8-7-16-22-19(18-15(4)24-27-20(18)23-16)25-11-13(2)10-14(3)12-25/h13-14H,5-12H2,1-4H3,(H,21,26)/t13-,14+. The van der Waals surface area contributed by atoms with Gasteiger partial charge < -0.3 is 14.7 Å². The van der Waals surface area contributed by atoms with Crippen LogP contribution in [-0.4, -0.2) is 40.7 Å². The van der Waals surface area contributed by atoms with Crippen LogP contribution in [0.3, 0.4) is 0 Å². The lowest BCUT2D eigenvalue weighted by Gasteiger charge is -2.36. The second kappa shape index (κ2) is 8.67. The molecule has 0 aliphatic carbocycles. The molecule has 2 aromatic rings. The number of fused-ring (bicyclic) bond motifs is 1. The molecule has 0 unspecified atom stereocenters. The summed E-state index contributed by atoms with van der Waals surface area (Å²) in [4.78, 5) is 23.7. The number of hydrogen-bond acceptors (Lipinski definition) is 6. The van der Waals surface area contributed by atoms with Crippen molar-refractivity contribution in [2.45, 2.75) is 59.8 Å². The topological polar surface area (TPSA) is 84.2 Å². The van der Waals surface area contributed by atoms with Crippen molar-refractivity contribution < 1.29 is 9.32 Å². The number of amides is 1. The number of carbonyl (C=O) groups excluding carboxylic acids is 1. The average Bonchev–Trinajstić information content (AvgIpc) is 3.00. The summed E-state index contributed by atoms with van der Waals surface area (Å²) in [6.07, 6.45) is 4.19. The number of nitrogens with zero attached hydrogens (tertiary/aromatic N) is 4. The molecule has 1 aliphatic heterocycles. The highest BCUT2D eigenvalue weighted by Crippen LogP contribution is 2.31. The van der Waals surface area contributed by atoms with Crippen molar-refractivity contribution in [3.63, 3.8) is 0 Å². The number of anilines is 1. The number of rotatable bonds is 7. The summed E-state index contributed by atoms with van der Waals surface area (Å²) in [5, 5.41) is 7.93. The van der Waals surface area contributed by atoms with Gasteiger partial charge in [-0.3, -0.25) is 4.79 Å². The van der Waals surface area contributed by atoms with Gasteiger partial charge in [-0.25, -0.2) is 4.98 Å². The van der Waals surface area contributed by atoms with Gasteiger partial charge in [-0.2, -0.15) is 4.98 Å². The van der Waals surface area contributed by atoms with E-state index in [2.05, 4.69) is 41.1 Å². The molecule has 1 saturated heterocycles. The van der Waals surface area contributed by atoms with Gasteiger partial charge in [0.15, 0.2) is 0 Å². The fraction of sp³-hybridized carbons (Fsp3) is 0.700. The van der Waals surface area contributed by atoms with E-state index in [0.29, 0.717) is 36.2 Å². The molecule has 0 saturated carbocycles. The van der Waals surface area contributed by atoms with Crippen molar-refractivity contribution >= 4 is 22.8 Å². The molecule has 0 bridgehead atoms. The number of nitrogens with one attached hydrogen (secondary N) is 1. The van der Waals surface area contributed by atoms with Gasteiger partial charge in [0, 0.05) is 32.5 Å². The average molecular weight is 374 g/mol. The van der Waals surface area contributed by atoms with Crippen LogP contribution in [0.4, 0.5) is 5.82 Å². The first-order valence-corrected chi connectivity index (χ1v) is 10.1. The summed E-state index contributed by atoms with van der Waals surface area (Å²) in [6.45, 7) is 11.3. The van der Waals surface area contributed by atoms with Gasteiger partial charge in [-0.1, -0.05) is 32.3 Å². The van der Waals surface area contributed by atoms with Gasteiger partial charge >= 0.3 is 0 Å². The largest absolute Gasteiger partial charge is 0.356 e. The van der Waals surface area contributed by atoms with E-state index in [1.54, 1.807) is 0 Å². The molecule has 7 heteroatoms. The number of unbranched alkanes of at least 4 members (excludes halogenated alkanes) is 1. The molecular formula is C20H31N5O2. The van der Waals surface area contributed by atoms with Crippen molar-refractivity contribution in [2.75, 3.05) is 24.5 Å². The highest BCUT2D eigenvalue weighted by Gasteiger charge is 2.27. The second-order valence-electron chi connectivity index (χ2n) is 7.97. The lowest BCUT2D eigenvalue weighted by atomic mass is 9.92. The van der Waals surface area contributed by atoms with E-state index in [0.717, 1.165) is 49.4 Å². The molecule has 2 aromatic heterocycles. The SMILES string of the molecule is CCCCNC(=O)CCc1nc(N2C[C@H](C)C[C@H](C)C2)c2c(C)noc2n1. The predicted octanol–water partition coefficient (Wildman–Crippen LogP) is 3.26. The molecular weight excluding hydrogens is 342 g/mol. The maximum Gasteiger partial charge on any atom is 0.263 e. The molecule has 1 aliphatic rings. The Kier molecular flexibility index (Phi) is 6.29. The fourth-order valence-electron chi connectivity index (χ4n) is 3.91. The van der Waals surface area contributed by atoms with Crippen molar-refractivity contribution in [2.24, 2.45) is 11.8 Å². The monoisotopic (exact) mass is 373 g/mol. The zero-order valence-electron chi connectivity index (χ0n) is 16.9. The first-order chi connectivity index (χ1) is 13.0. The van der Waals surface area contributed by atoms with E-state index in [1.165, 1.54) is 6.42 Å². The molecule has 27 heavy (non-hydrogen) atoms. The Morgan fingerprint density at radius 2 is 2.00 bits per heavy atom. The van der Waals surface area contributed by atoms with E-state index in [-0.39, 0.29) is 5.91 Å². The lowest BCUT2D eigenvalue weighted by molar-refractivity contribution is -0.121. The molecule has 1 fully saturated rings. The molecule has 7 nitrogen and oxygen atoms in total. The van der Waals surface area contributed by atoms with Gasteiger partial charge in [0.1, 0.15) is 17.0 Å². The Labute approximate surface area is 160 Å². The number of carbonyl (C=O) groups is 1. The van der Waals surface area contributed by atoms with Gasteiger partial charge in [0.05, 0.1) is 5.69 Å². The van der Waals surface area contributed by atoms with Crippen molar-refractivity contribution in [1.29, 1.82) is 0 Å². The lowest BCUT2D eigenvalue weighted by Crippen LogP contribution is -2.39. The smallest absolute Gasteiger partial charge is 0.263 e. The molecule has 148 valence electrons. The number of piperidine rings is 1. The van der Waals surface area contributed by atoms with E-state index in [4.69, 9.17) is 9.51 Å². The Balaban J connectivity index is 1.80. The third-order valence-corrected chi connectivity index (χ3v) is 5.13.